The second-order valence-electron chi connectivity index (χ2n) is 4.66. The zero-order chi connectivity index (χ0) is 16.8. The summed E-state index contributed by atoms with van der Waals surface area (Å²) in [4.78, 5) is 45.5. The van der Waals surface area contributed by atoms with Gasteiger partial charge < -0.3 is 30.5 Å². The molecule has 0 bridgehead atoms. The fraction of sp³-hybridized carbons (Fsp3) is 0.385. The van der Waals surface area contributed by atoms with E-state index in [1.807, 2.05) is 0 Å². The number of nitrogens with one attached hydrogen (secondary N) is 3. The first-order valence-corrected chi connectivity index (χ1v) is 6.73. The number of esters is 2. The summed E-state index contributed by atoms with van der Waals surface area (Å²) in [5, 5.41) is 16.2. The Hall–Kier alpha value is -2.88. The van der Waals surface area contributed by atoms with Gasteiger partial charge in [-0.3, -0.25) is 9.59 Å². The summed E-state index contributed by atoms with van der Waals surface area (Å²) in [5.74, 6) is -2.67. The topological polar surface area (TPSA) is 143 Å². The summed E-state index contributed by atoms with van der Waals surface area (Å²) < 4.78 is 9.60. The van der Waals surface area contributed by atoms with Crippen molar-refractivity contribution in [3.63, 3.8) is 0 Å². The molecule has 0 aromatic heterocycles. The monoisotopic (exact) mass is 325 g/mol. The molecule has 0 aromatic carbocycles. The fourth-order valence-electron chi connectivity index (χ4n) is 1.81. The van der Waals surface area contributed by atoms with Crippen LogP contribution < -0.4 is 16.0 Å². The van der Waals surface area contributed by atoms with Gasteiger partial charge in [-0.2, -0.15) is 0 Å². The van der Waals surface area contributed by atoms with Gasteiger partial charge in [0, 0.05) is 31.3 Å². The van der Waals surface area contributed by atoms with Crippen molar-refractivity contribution in [2.45, 2.75) is 18.9 Å². The van der Waals surface area contributed by atoms with Crippen LogP contribution in [-0.2, 0) is 28.7 Å². The van der Waals surface area contributed by atoms with Crippen LogP contribution in [-0.4, -0.2) is 54.5 Å². The van der Waals surface area contributed by atoms with Crippen LogP contribution >= 0.6 is 0 Å². The van der Waals surface area contributed by atoms with Gasteiger partial charge in [-0.1, -0.05) is 0 Å². The van der Waals surface area contributed by atoms with Gasteiger partial charge in [0.15, 0.2) is 6.10 Å². The maximum Gasteiger partial charge on any atom is 0.331 e. The van der Waals surface area contributed by atoms with Gasteiger partial charge >= 0.3 is 11.9 Å². The number of hydrogen-bond acceptors (Lipinski definition) is 8. The standard InChI is InChI=1S/C13H15N3O7/c17-9(22-6-7-5-15-13(21)16-11(7)19)1-2-10(18)23-8-3-4-14-12(8)20/h1-2,5,8,13,15,21H,3-4,6H2,(H,14,20)(H,16,19)/b2-1+. The van der Waals surface area contributed by atoms with E-state index < -0.39 is 30.3 Å². The van der Waals surface area contributed by atoms with Gasteiger partial charge in [-0.25, -0.2) is 9.59 Å². The van der Waals surface area contributed by atoms with E-state index >= 15 is 0 Å². The maximum absolute atomic E-state index is 11.4. The average molecular weight is 325 g/mol. The molecule has 124 valence electrons. The molecule has 2 amide bonds. The Balaban J connectivity index is 1.74. The largest absolute Gasteiger partial charge is 0.457 e. The Bertz CT molecular complexity index is 584. The molecule has 0 spiro atoms. The van der Waals surface area contributed by atoms with Crippen molar-refractivity contribution >= 4 is 23.8 Å². The molecule has 2 unspecified atom stereocenters. The number of aliphatic hydroxyl groups is 1. The predicted molar refractivity (Wildman–Crippen MR) is 73.0 cm³/mol. The molecule has 0 aromatic rings. The number of carbonyl (C=O) groups excluding carboxylic acids is 4. The second kappa shape index (κ2) is 7.40. The molecule has 0 aliphatic carbocycles. The second-order valence-corrected chi connectivity index (χ2v) is 4.66. The third kappa shape index (κ3) is 4.81. The van der Waals surface area contributed by atoms with E-state index in [9.17, 15) is 19.2 Å². The van der Waals surface area contributed by atoms with Crippen molar-refractivity contribution in [2.24, 2.45) is 0 Å². The van der Waals surface area contributed by atoms with Gasteiger partial charge in [0.05, 0.1) is 5.57 Å². The smallest absolute Gasteiger partial charge is 0.331 e. The predicted octanol–water partition coefficient (Wildman–Crippen LogP) is -2.60. The van der Waals surface area contributed by atoms with Crippen molar-refractivity contribution in [1.29, 1.82) is 0 Å². The highest BCUT2D eigenvalue weighted by Gasteiger charge is 2.27. The van der Waals surface area contributed by atoms with E-state index in [1.54, 1.807) is 0 Å². The van der Waals surface area contributed by atoms with Crippen LogP contribution in [0.4, 0.5) is 0 Å². The van der Waals surface area contributed by atoms with Crippen molar-refractivity contribution in [3.8, 4) is 0 Å². The Morgan fingerprint density at radius 1 is 1.30 bits per heavy atom. The quantitative estimate of drug-likeness (QED) is 0.318. The highest BCUT2D eigenvalue weighted by Crippen LogP contribution is 2.05. The summed E-state index contributed by atoms with van der Waals surface area (Å²) in [6.07, 6.45) is 1.23. The minimum Gasteiger partial charge on any atom is -0.457 e. The molecule has 4 N–H and O–H groups in total. The molecular formula is C13H15N3O7. The lowest BCUT2D eigenvalue weighted by Gasteiger charge is -2.20. The Morgan fingerprint density at radius 2 is 2.04 bits per heavy atom. The first kappa shape index (κ1) is 16.5. The molecule has 1 fully saturated rings. The highest BCUT2D eigenvalue weighted by atomic mass is 16.5. The molecule has 2 rings (SSSR count). The van der Waals surface area contributed by atoms with Gasteiger partial charge in [-0.05, 0) is 0 Å². The molecule has 2 aliphatic rings. The van der Waals surface area contributed by atoms with E-state index in [2.05, 4.69) is 16.0 Å². The molecule has 10 heteroatoms. The van der Waals surface area contributed by atoms with Gasteiger partial charge in [0.1, 0.15) is 6.61 Å². The van der Waals surface area contributed by atoms with Crippen LogP contribution in [0, 0.1) is 0 Å². The lowest BCUT2D eigenvalue weighted by molar-refractivity contribution is -0.149. The number of hydrogen-bond donors (Lipinski definition) is 4. The third-order valence-corrected chi connectivity index (χ3v) is 2.96. The number of ether oxygens (including phenoxy) is 2. The number of rotatable bonds is 5. The van der Waals surface area contributed by atoms with E-state index in [0.717, 1.165) is 12.2 Å². The molecule has 0 saturated carbocycles. The minimum atomic E-state index is -1.19. The summed E-state index contributed by atoms with van der Waals surface area (Å²) in [5.41, 5.74) is 0.0993. The minimum absolute atomic E-state index is 0.0993. The van der Waals surface area contributed by atoms with E-state index in [0.29, 0.717) is 13.0 Å². The van der Waals surface area contributed by atoms with Crippen molar-refractivity contribution < 1.29 is 33.8 Å². The number of carbonyl (C=O) groups is 4. The lowest BCUT2D eigenvalue weighted by Crippen LogP contribution is -2.48. The average Bonchev–Trinajstić information content (AvgIpc) is 2.89. The van der Waals surface area contributed by atoms with Crippen LogP contribution in [0.3, 0.4) is 0 Å². The van der Waals surface area contributed by atoms with Crippen LogP contribution in [0.2, 0.25) is 0 Å². The highest BCUT2D eigenvalue weighted by molar-refractivity contribution is 5.96. The first-order chi connectivity index (χ1) is 11.0. The Morgan fingerprint density at radius 3 is 2.70 bits per heavy atom. The number of amides is 2. The summed E-state index contributed by atoms with van der Waals surface area (Å²) in [7, 11) is 0. The molecule has 2 aliphatic heterocycles. The fourth-order valence-corrected chi connectivity index (χ4v) is 1.81. The molecule has 23 heavy (non-hydrogen) atoms. The summed E-state index contributed by atoms with van der Waals surface area (Å²) in [6, 6.07) is 0. The lowest BCUT2D eigenvalue weighted by atomic mass is 10.2. The van der Waals surface area contributed by atoms with E-state index in [1.165, 1.54) is 6.20 Å². The first-order valence-electron chi connectivity index (χ1n) is 6.73. The third-order valence-electron chi connectivity index (χ3n) is 2.96. The van der Waals surface area contributed by atoms with Gasteiger partial charge in [-0.15, -0.1) is 0 Å². The molecule has 1 saturated heterocycles. The number of aliphatic hydroxyl groups excluding tert-OH is 1. The molecule has 0 radical (unpaired) electrons. The van der Waals surface area contributed by atoms with E-state index in [-0.39, 0.29) is 18.1 Å². The zero-order valence-corrected chi connectivity index (χ0v) is 11.9. The maximum atomic E-state index is 11.4. The van der Waals surface area contributed by atoms with Gasteiger partial charge in [0.25, 0.3) is 11.8 Å². The van der Waals surface area contributed by atoms with Crippen LogP contribution in [0.15, 0.2) is 23.9 Å². The normalized spacial score (nSPS) is 23.6. The SMILES string of the molecule is O=C(/C=C/C(=O)OC1CCNC1=O)OCC1=CNC(O)NC1=O. The Kier molecular flexibility index (Phi) is 5.31. The van der Waals surface area contributed by atoms with Crippen LogP contribution in [0.5, 0.6) is 0 Å². The molecule has 2 atom stereocenters. The summed E-state index contributed by atoms with van der Waals surface area (Å²) >= 11 is 0. The Labute approximate surface area is 130 Å². The molecular weight excluding hydrogens is 310 g/mol. The van der Waals surface area contributed by atoms with Crippen molar-refractivity contribution in [3.05, 3.63) is 23.9 Å². The summed E-state index contributed by atoms with van der Waals surface area (Å²) in [6.45, 7) is 0.0945. The molecule has 2 heterocycles. The van der Waals surface area contributed by atoms with Gasteiger partial charge in [0.2, 0.25) is 6.35 Å². The molecule has 10 nitrogen and oxygen atoms in total. The van der Waals surface area contributed by atoms with Crippen LogP contribution in [0.25, 0.3) is 0 Å². The van der Waals surface area contributed by atoms with Crippen LogP contribution in [0.1, 0.15) is 6.42 Å². The van der Waals surface area contributed by atoms with Crippen molar-refractivity contribution in [1.82, 2.24) is 16.0 Å². The van der Waals surface area contributed by atoms with E-state index in [4.69, 9.17) is 14.6 Å². The zero-order valence-electron chi connectivity index (χ0n) is 11.9. The van der Waals surface area contributed by atoms with Crippen molar-refractivity contribution in [2.75, 3.05) is 13.2 Å².